The second-order valence-corrected chi connectivity index (χ2v) is 5.41. The van der Waals surface area contributed by atoms with E-state index in [9.17, 15) is 5.11 Å². The van der Waals surface area contributed by atoms with Crippen molar-refractivity contribution in [1.82, 2.24) is 4.90 Å². The molecule has 1 unspecified atom stereocenters. The van der Waals surface area contributed by atoms with Gasteiger partial charge in [0.1, 0.15) is 0 Å². The summed E-state index contributed by atoms with van der Waals surface area (Å²) in [5.41, 5.74) is 3.32. The summed E-state index contributed by atoms with van der Waals surface area (Å²) in [6.07, 6.45) is 1.39. The Morgan fingerprint density at radius 3 is 2.30 bits per heavy atom. The number of hydrogen-bond donors (Lipinski definition) is 1. The molecule has 1 atom stereocenters. The van der Waals surface area contributed by atoms with Crippen LogP contribution in [0.2, 0.25) is 0 Å². The van der Waals surface area contributed by atoms with Crippen LogP contribution in [0.25, 0.3) is 11.1 Å². The van der Waals surface area contributed by atoms with E-state index in [1.807, 2.05) is 36.4 Å². The van der Waals surface area contributed by atoms with Gasteiger partial charge in [0.2, 0.25) is 0 Å². The first-order valence-electron chi connectivity index (χ1n) is 7.15. The summed E-state index contributed by atoms with van der Waals surface area (Å²) < 4.78 is 0. The average molecular weight is 269 g/mol. The van der Waals surface area contributed by atoms with E-state index < -0.39 is 6.10 Å². The van der Waals surface area contributed by atoms with Gasteiger partial charge in [-0.05, 0) is 50.2 Å². The lowest BCUT2D eigenvalue weighted by Crippen LogP contribution is -2.14. The molecule has 2 aromatic rings. The van der Waals surface area contributed by atoms with Crippen LogP contribution in [0, 0.1) is 0 Å². The van der Waals surface area contributed by atoms with Gasteiger partial charge < -0.3 is 10.0 Å². The fraction of sp³-hybridized carbons (Fsp3) is 0.333. The minimum atomic E-state index is -0.397. The maximum atomic E-state index is 10.5. The van der Waals surface area contributed by atoms with E-state index >= 15 is 0 Å². The Morgan fingerprint density at radius 2 is 1.60 bits per heavy atom. The first-order chi connectivity index (χ1) is 9.68. The van der Waals surface area contributed by atoms with Gasteiger partial charge >= 0.3 is 0 Å². The standard InChI is InChI=1S/C18H23NO/c1-19(2)14-8-13-18(20)17-12-7-6-11-16(17)15-9-4-3-5-10-15/h3-7,9-12,18,20H,8,13-14H2,1-2H3. The summed E-state index contributed by atoms with van der Waals surface area (Å²) in [7, 11) is 4.12. The van der Waals surface area contributed by atoms with Crippen LogP contribution >= 0.6 is 0 Å². The van der Waals surface area contributed by atoms with Crippen molar-refractivity contribution < 1.29 is 5.11 Å². The lowest BCUT2D eigenvalue weighted by Gasteiger charge is -2.17. The molecule has 0 spiro atoms. The predicted octanol–water partition coefficient (Wildman–Crippen LogP) is 3.73. The van der Waals surface area contributed by atoms with Crippen molar-refractivity contribution in [2.24, 2.45) is 0 Å². The van der Waals surface area contributed by atoms with Gasteiger partial charge in [-0.15, -0.1) is 0 Å². The molecule has 0 heterocycles. The van der Waals surface area contributed by atoms with Crippen molar-refractivity contribution in [2.45, 2.75) is 18.9 Å². The molecule has 20 heavy (non-hydrogen) atoms. The van der Waals surface area contributed by atoms with Gasteiger partial charge in [-0.3, -0.25) is 0 Å². The van der Waals surface area contributed by atoms with Crippen LogP contribution in [0.4, 0.5) is 0 Å². The van der Waals surface area contributed by atoms with Gasteiger partial charge in [0.15, 0.2) is 0 Å². The minimum absolute atomic E-state index is 0.397. The third kappa shape index (κ3) is 3.92. The van der Waals surface area contributed by atoms with E-state index in [4.69, 9.17) is 0 Å². The number of aliphatic hydroxyl groups excluding tert-OH is 1. The highest BCUT2D eigenvalue weighted by molar-refractivity contribution is 5.67. The van der Waals surface area contributed by atoms with E-state index in [2.05, 4.69) is 37.2 Å². The zero-order chi connectivity index (χ0) is 14.4. The van der Waals surface area contributed by atoms with Crippen molar-refractivity contribution in [1.29, 1.82) is 0 Å². The van der Waals surface area contributed by atoms with Crippen LogP contribution in [0.5, 0.6) is 0 Å². The second-order valence-electron chi connectivity index (χ2n) is 5.41. The number of nitrogens with zero attached hydrogens (tertiary/aromatic N) is 1. The molecule has 2 aromatic carbocycles. The number of benzene rings is 2. The van der Waals surface area contributed by atoms with Gasteiger partial charge in [0.05, 0.1) is 6.10 Å². The van der Waals surface area contributed by atoms with E-state index in [1.165, 1.54) is 0 Å². The monoisotopic (exact) mass is 269 g/mol. The lowest BCUT2D eigenvalue weighted by molar-refractivity contribution is 0.161. The fourth-order valence-electron chi connectivity index (χ4n) is 2.42. The van der Waals surface area contributed by atoms with Crippen molar-refractivity contribution in [3.05, 3.63) is 60.2 Å². The molecule has 1 N–H and O–H groups in total. The first kappa shape index (κ1) is 14.8. The molecule has 0 radical (unpaired) electrons. The molecule has 0 bridgehead atoms. The molecule has 0 aliphatic rings. The van der Waals surface area contributed by atoms with Crippen LogP contribution in [0.15, 0.2) is 54.6 Å². The van der Waals surface area contributed by atoms with Crippen LogP contribution in [-0.2, 0) is 0 Å². The van der Waals surface area contributed by atoms with Crippen molar-refractivity contribution >= 4 is 0 Å². The maximum absolute atomic E-state index is 10.5. The van der Waals surface area contributed by atoms with Gasteiger partial charge in [-0.25, -0.2) is 0 Å². The zero-order valence-corrected chi connectivity index (χ0v) is 12.3. The third-order valence-electron chi connectivity index (χ3n) is 3.49. The molecule has 0 saturated heterocycles. The van der Waals surface area contributed by atoms with Gasteiger partial charge in [-0.2, -0.15) is 0 Å². The Bertz CT molecular complexity index is 522. The Morgan fingerprint density at radius 1 is 0.950 bits per heavy atom. The van der Waals surface area contributed by atoms with Crippen LogP contribution < -0.4 is 0 Å². The summed E-state index contributed by atoms with van der Waals surface area (Å²) in [6, 6.07) is 18.4. The molecular weight excluding hydrogens is 246 g/mol. The normalized spacial score (nSPS) is 12.6. The summed E-state index contributed by atoms with van der Waals surface area (Å²) in [6.45, 7) is 1.00. The molecule has 0 fully saturated rings. The van der Waals surface area contributed by atoms with Crippen molar-refractivity contribution in [2.75, 3.05) is 20.6 Å². The fourth-order valence-corrected chi connectivity index (χ4v) is 2.42. The Hall–Kier alpha value is -1.64. The van der Waals surface area contributed by atoms with Crippen LogP contribution in [-0.4, -0.2) is 30.6 Å². The molecule has 0 aliphatic heterocycles. The topological polar surface area (TPSA) is 23.5 Å². The predicted molar refractivity (Wildman–Crippen MR) is 84.6 cm³/mol. The zero-order valence-electron chi connectivity index (χ0n) is 12.3. The first-order valence-corrected chi connectivity index (χ1v) is 7.15. The Balaban J connectivity index is 2.16. The molecule has 0 amide bonds. The number of rotatable bonds is 6. The SMILES string of the molecule is CN(C)CCCC(O)c1ccccc1-c1ccccc1. The van der Waals surface area contributed by atoms with Crippen LogP contribution in [0.1, 0.15) is 24.5 Å². The molecule has 0 saturated carbocycles. The van der Waals surface area contributed by atoms with Crippen LogP contribution in [0.3, 0.4) is 0 Å². The van der Waals surface area contributed by atoms with Crippen molar-refractivity contribution in [3.8, 4) is 11.1 Å². The highest BCUT2D eigenvalue weighted by Gasteiger charge is 2.12. The highest BCUT2D eigenvalue weighted by Crippen LogP contribution is 2.30. The van der Waals surface area contributed by atoms with E-state index in [-0.39, 0.29) is 0 Å². The molecule has 2 rings (SSSR count). The van der Waals surface area contributed by atoms with E-state index in [1.54, 1.807) is 0 Å². The largest absolute Gasteiger partial charge is 0.388 e. The van der Waals surface area contributed by atoms with Crippen molar-refractivity contribution in [3.63, 3.8) is 0 Å². The van der Waals surface area contributed by atoms with E-state index in [0.717, 1.165) is 36.1 Å². The smallest absolute Gasteiger partial charge is 0.0796 e. The third-order valence-corrected chi connectivity index (χ3v) is 3.49. The number of hydrogen-bond acceptors (Lipinski definition) is 2. The summed E-state index contributed by atoms with van der Waals surface area (Å²) in [5.74, 6) is 0. The molecule has 2 nitrogen and oxygen atoms in total. The Kier molecular flexibility index (Phi) is 5.33. The molecular formula is C18H23NO. The second kappa shape index (κ2) is 7.22. The summed E-state index contributed by atoms with van der Waals surface area (Å²) in [5, 5.41) is 10.5. The minimum Gasteiger partial charge on any atom is -0.388 e. The Labute approximate surface area is 121 Å². The summed E-state index contributed by atoms with van der Waals surface area (Å²) in [4.78, 5) is 2.15. The van der Waals surface area contributed by atoms with Gasteiger partial charge in [-0.1, -0.05) is 54.6 Å². The maximum Gasteiger partial charge on any atom is 0.0796 e. The quantitative estimate of drug-likeness (QED) is 0.863. The molecule has 0 aromatic heterocycles. The number of aliphatic hydroxyl groups is 1. The average Bonchev–Trinajstić information content (AvgIpc) is 2.47. The van der Waals surface area contributed by atoms with Gasteiger partial charge in [0.25, 0.3) is 0 Å². The van der Waals surface area contributed by atoms with Gasteiger partial charge in [0, 0.05) is 0 Å². The molecule has 0 aliphatic carbocycles. The summed E-state index contributed by atoms with van der Waals surface area (Å²) >= 11 is 0. The molecule has 106 valence electrons. The lowest BCUT2D eigenvalue weighted by atomic mass is 9.94. The highest BCUT2D eigenvalue weighted by atomic mass is 16.3. The van der Waals surface area contributed by atoms with E-state index in [0.29, 0.717) is 0 Å². The molecule has 2 heteroatoms.